The highest BCUT2D eigenvalue weighted by atomic mass is 16.5. The second-order valence-corrected chi connectivity index (χ2v) is 9.19. The molecule has 154 valence electrons. The summed E-state index contributed by atoms with van der Waals surface area (Å²) < 4.78 is 4.96. The standard InChI is InChI=1S/C23H28N2O4/c1-3-19(26)24-18-7-5-4-6-17(18)21(28)25-23-11-15-8-16(12-23)10-22(9-15,14-23)13-20(27)29-2/h3-7,15-16H,1,8-14H2,2H3,(H,24,26)(H,25,28). The SMILES string of the molecule is C=CC(=O)Nc1ccccc1C(=O)NC12CC3CC(CC(CC(=O)OC)(C3)C1)C2. The zero-order valence-corrected chi connectivity index (χ0v) is 16.8. The zero-order chi connectivity index (χ0) is 20.6. The summed E-state index contributed by atoms with van der Waals surface area (Å²) in [5, 5.41) is 6.03. The smallest absolute Gasteiger partial charge is 0.306 e. The number of anilines is 1. The molecule has 2 amide bonds. The number of amides is 2. The Bertz CT molecular complexity index is 848. The average molecular weight is 396 g/mol. The molecule has 0 aromatic heterocycles. The molecule has 4 aliphatic rings. The van der Waals surface area contributed by atoms with E-state index in [2.05, 4.69) is 17.2 Å². The second-order valence-electron chi connectivity index (χ2n) is 9.19. The van der Waals surface area contributed by atoms with Crippen LogP contribution in [-0.2, 0) is 14.3 Å². The van der Waals surface area contributed by atoms with Crippen molar-refractivity contribution in [2.75, 3.05) is 12.4 Å². The monoisotopic (exact) mass is 396 g/mol. The molecule has 0 spiro atoms. The number of esters is 1. The Morgan fingerprint density at radius 2 is 1.86 bits per heavy atom. The average Bonchev–Trinajstić information content (AvgIpc) is 2.66. The van der Waals surface area contributed by atoms with Crippen LogP contribution in [-0.4, -0.2) is 30.4 Å². The molecule has 4 aliphatic carbocycles. The molecule has 2 unspecified atom stereocenters. The molecule has 2 atom stereocenters. The summed E-state index contributed by atoms with van der Waals surface area (Å²) in [5.74, 6) is 0.386. The molecule has 4 fully saturated rings. The lowest BCUT2D eigenvalue weighted by molar-refractivity contribution is -0.150. The number of hydrogen-bond donors (Lipinski definition) is 2. The van der Waals surface area contributed by atoms with E-state index in [1.165, 1.54) is 19.6 Å². The number of ether oxygens (including phenoxy) is 1. The lowest BCUT2D eigenvalue weighted by atomic mass is 9.46. The summed E-state index contributed by atoms with van der Waals surface area (Å²) in [6, 6.07) is 7.01. The summed E-state index contributed by atoms with van der Waals surface area (Å²) in [6.45, 7) is 3.47. The van der Waals surface area contributed by atoms with Crippen molar-refractivity contribution >= 4 is 23.5 Å². The molecule has 2 N–H and O–H groups in total. The topological polar surface area (TPSA) is 84.5 Å². The van der Waals surface area contributed by atoms with Gasteiger partial charge in [0.25, 0.3) is 5.91 Å². The fourth-order valence-electron chi connectivity index (χ4n) is 6.47. The van der Waals surface area contributed by atoms with E-state index < -0.39 is 0 Å². The predicted octanol–water partition coefficient (Wildman–Crippen LogP) is 3.44. The van der Waals surface area contributed by atoms with Gasteiger partial charge in [-0.2, -0.15) is 0 Å². The van der Waals surface area contributed by atoms with E-state index in [0.29, 0.717) is 29.5 Å². The van der Waals surface area contributed by atoms with Crippen LogP contribution in [0.5, 0.6) is 0 Å². The number of carbonyl (C=O) groups is 3. The molecule has 0 heterocycles. The van der Waals surface area contributed by atoms with Gasteiger partial charge in [0, 0.05) is 5.54 Å². The third kappa shape index (κ3) is 3.80. The Kier molecular flexibility index (Phi) is 4.97. The van der Waals surface area contributed by atoms with Crippen molar-refractivity contribution in [1.82, 2.24) is 5.32 Å². The van der Waals surface area contributed by atoms with Gasteiger partial charge in [0.05, 0.1) is 24.8 Å². The number of carbonyl (C=O) groups excluding carboxylic acids is 3. The summed E-state index contributed by atoms with van der Waals surface area (Å²) in [7, 11) is 1.44. The fourth-order valence-corrected chi connectivity index (χ4v) is 6.47. The molecule has 1 aromatic rings. The van der Waals surface area contributed by atoms with Gasteiger partial charge in [-0.25, -0.2) is 0 Å². The number of benzene rings is 1. The molecule has 0 radical (unpaired) electrons. The summed E-state index contributed by atoms with van der Waals surface area (Å²) >= 11 is 0. The van der Waals surface area contributed by atoms with Crippen LogP contribution in [0.15, 0.2) is 36.9 Å². The van der Waals surface area contributed by atoms with Crippen LogP contribution in [0.3, 0.4) is 0 Å². The molecule has 0 saturated heterocycles. The lowest BCUT2D eigenvalue weighted by Crippen LogP contribution is -2.63. The molecule has 0 aliphatic heterocycles. The first-order chi connectivity index (χ1) is 13.9. The Morgan fingerprint density at radius 1 is 1.17 bits per heavy atom. The van der Waals surface area contributed by atoms with Crippen LogP contribution in [0.1, 0.15) is 55.3 Å². The summed E-state index contributed by atoms with van der Waals surface area (Å²) in [4.78, 5) is 37.0. The number of hydrogen-bond acceptors (Lipinski definition) is 4. The van der Waals surface area contributed by atoms with Crippen molar-refractivity contribution < 1.29 is 19.1 Å². The molecule has 4 saturated carbocycles. The fraction of sp³-hybridized carbons (Fsp3) is 0.522. The Morgan fingerprint density at radius 3 is 2.52 bits per heavy atom. The van der Waals surface area contributed by atoms with Crippen molar-refractivity contribution in [1.29, 1.82) is 0 Å². The Hall–Kier alpha value is -2.63. The summed E-state index contributed by atoms with van der Waals surface area (Å²) in [6.07, 6.45) is 7.62. The number of para-hydroxylation sites is 1. The van der Waals surface area contributed by atoms with Crippen LogP contribution in [0.2, 0.25) is 0 Å². The third-order valence-electron chi connectivity index (χ3n) is 6.92. The van der Waals surface area contributed by atoms with E-state index in [4.69, 9.17) is 4.74 Å². The van der Waals surface area contributed by atoms with Crippen LogP contribution < -0.4 is 10.6 Å². The first-order valence-corrected chi connectivity index (χ1v) is 10.3. The molecule has 6 heteroatoms. The highest BCUT2D eigenvalue weighted by Crippen LogP contribution is 2.63. The largest absolute Gasteiger partial charge is 0.469 e. The maximum absolute atomic E-state index is 13.2. The molecule has 1 aromatic carbocycles. The molecular weight excluding hydrogens is 368 g/mol. The molecule has 5 rings (SSSR count). The van der Waals surface area contributed by atoms with Crippen molar-refractivity contribution in [3.05, 3.63) is 42.5 Å². The van der Waals surface area contributed by atoms with E-state index in [9.17, 15) is 14.4 Å². The van der Waals surface area contributed by atoms with Gasteiger partial charge in [-0.1, -0.05) is 18.7 Å². The highest BCUT2D eigenvalue weighted by molar-refractivity contribution is 6.06. The summed E-state index contributed by atoms with van der Waals surface area (Å²) in [5.41, 5.74) is 0.565. The van der Waals surface area contributed by atoms with E-state index in [1.807, 2.05) is 0 Å². The minimum atomic E-state index is -0.350. The first-order valence-electron chi connectivity index (χ1n) is 10.3. The molecule has 6 nitrogen and oxygen atoms in total. The van der Waals surface area contributed by atoms with Gasteiger partial charge in [0.1, 0.15) is 0 Å². The van der Waals surface area contributed by atoms with E-state index in [0.717, 1.165) is 32.1 Å². The van der Waals surface area contributed by atoms with Gasteiger partial charge in [0.15, 0.2) is 0 Å². The maximum Gasteiger partial charge on any atom is 0.306 e. The van der Waals surface area contributed by atoms with Gasteiger partial charge in [-0.3, -0.25) is 14.4 Å². The molecule has 4 bridgehead atoms. The van der Waals surface area contributed by atoms with Crippen LogP contribution in [0.4, 0.5) is 5.69 Å². The second kappa shape index (κ2) is 7.32. The zero-order valence-electron chi connectivity index (χ0n) is 16.8. The van der Waals surface area contributed by atoms with Gasteiger partial charge >= 0.3 is 5.97 Å². The third-order valence-corrected chi connectivity index (χ3v) is 6.92. The van der Waals surface area contributed by atoms with Gasteiger partial charge < -0.3 is 15.4 Å². The molecular formula is C23H28N2O4. The van der Waals surface area contributed by atoms with Crippen molar-refractivity contribution in [3.63, 3.8) is 0 Å². The molecule has 29 heavy (non-hydrogen) atoms. The Labute approximate surface area is 171 Å². The van der Waals surface area contributed by atoms with E-state index in [1.54, 1.807) is 24.3 Å². The number of nitrogens with one attached hydrogen (secondary N) is 2. The van der Waals surface area contributed by atoms with Gasteiger partial charge in [-0.15, -0.1) is 0 Å². The number of rotatable bonds is 6. The minimum absolute atomic E-state index is 0.0684. The van der Waals surface area contributed by atoms with Crippen LogP contribution in [0, 0.1) is 17.3 Å². The first kappa shape index (κ1) is 19.7. The van der Waals surface area contributed by atoms with E-state index >= 15 is 0 Å². The van der Waals surface area contributed by atoms with Crippen LogP contribution in [0.25, 0.3) is 0 Å². The maximum atomic E-state index is 13.2. The van der Waals surface area contributed by atoms with Gasteiger partial charge in [0.2, 0.25) is 5.91 Å². The minimum Gasteiger partial charge on any atom is -0.469 e. The van der Waals surface area contributed by atoms with Crippen molar-refractivity contribution in [2.24, 2.45) is 17.3 Å². The van der Waals surface area contributed by atoms with Crippen molar-refractivity contribution in [3.8, 4) is 0 Å². The Balaban J connectivity index is 1.57. The normalized spacial score (nSPS) is 31.8. The quantitative estimate of drug-likeness (QED) is 0.570. The van der Waals surface area contributed by atoms with Gasteiger partial charge in [-0.05, 0) is 74.0 Å². The number of methoxy groups -OCH3 is 1. The van der Waals surface area contributed by atoms with Crippen molar-refractivity contribution in [2.45, 2.75) is 50.5 Å². The predicted molar refractivity (Wildman–Crippen MR) is 109 cm³/mol. The van der Waals surface area contributed by atoms with E-state index in [-0.39, 0.29) is 28.7 Å². The lowest BCUT2D eigenvalue weighted by Gasteiger charge is -2.62. The van der Waals surface area contributed by atoms with Crippen LogP contribution >= 0.6 is 0 Å². The highest BCUT2D eigenvalue weighted by Gasteiger charge is 2.58.